The van der Waals surface area contributed by atoms with Gasteiger partial charge in [-0.15, -0.1) is 0 Å². The largest absolute Gasteiger partial charge is 0.435 e. The molecule has 0 amide bonds. The number of hydrogen-bond acceptors (Lipinski definition) is 4. The van der Waals surface area contributed by atoms with Gasteiger partial charge in [-0.05, 0) is 66.6 Å². The van der Waals surface area contributed by atoms with Gasteiger partial charge in [0.1, 0.15) is 29.7 Å². The number of alkyl halides is 5. The molecule has 13 heteroatoms. The van der Waals surface area contributed by atoms with Gasteiger partial charge >= 0.3 is 6.18 Å². The molecule has 0 saturated heterocycles. The Morgan fingerprint density at radius 2 is 1.73 bits per heavy atom. The van der Waals surface area contributed by atoms with Gasteiger partial charge in [-0.25, -0.2) is 22.0 Å². The van der Waals surface area contributed by atoms with E-state index in [-0.39, 0.29) is 28.9 Å². The van der Waals surface area contributed by atoms with Crippen LogP contribution in [0.1, 0.15) is 71.3 Å². The first-order chi connectivity index (χ1) is 21.2. The molecule has 0 unspecified atom stereocenters. The van der Waals surface area contributed by atoms with Gasteiger partial charge in [-0.3, -0.25) is 14.5 Å². The van der Waals surface area contributed by atoms with E-state index in [4.69, 9.17) is 5.73 Å². The van der Waals surface area contributed by atoms with E-state index in [0.29, 0.717) is 34.7 Å². The lowest BCUT2D eigenvalue weighted by Gasteiger charge is -2.20. The number of nitrogens with zero attached hydrogens (tertiary/aromatic N) is 3. The van der Waals surface area contributed by atoms with Crippen molar-refractivity contribution in [3.05, 3.63) is 113 Å². The Balaban J connectivity index is 1.55. The smallest absolute Gasteiger partial charge is 0.399 e. The van der Waals surface area contributed by atoms with E-state index in [1.807, 2.05) is 0 Å². The maximum atomic E-state index is 14.4. The van der Waals surface area contributed by atoms with Crippen molar-refractivity contribution in [2.45, 2.75) is 56.7 Å². The molecule has 0 radical (unpaired) electrons. The summed E-state index contributed by atoms with van der Waals surface area (Å²) in [5.74, 6) is -4.86. The van der Waals surface area contributed by atoms with E-state index in [1.165, 1.54) is 18.3 Å². The Kier molecular flexibility index (Phi) is 8.81. The van der Waals surface area contributed by atoms with Crippen molar-refractivity contribution >= 4 is 11.5 Å². The van der Waals surface area contributed by atoms with Crippen LogP contribution in [0, 0.1) is 17.5 Å². The van der Waals surface area contributed by atoms with Crippen LogP contribution in [0.2, 0.25) is 0 Å². The highest BCUT2D eigenvalue weighted by molar-refractivity contribution is 5.80. The zero-order valence-corrected chi connectivity index (χ0v) is 23.5. The highest BCUT2D eigenvalue weighted by Crippen LogP contribution is 2.49. The van der Waals surface area contributed by atoms with Crippen LogP contribution in [0.3, 0.4) is 0 Å². The Hall–Kier alpha value is -4.55. The highest BCUT2D eigenvalue weighted by atomic mass is 19.4. The van der Waals surface area contributed by atoms with Crippen molar-refractivity contribution in [1.29, 1.82) is 0 Å². The van der Waals surface area contributed by atoms with Crippen molar-refractivity contribution in [3.63, 3.8) is 0 Å². The molecule has 2 aromatic heterocycles. The van der Waals surface area contributed by atoms with E-state index >= 15 is 0 Å². The van der Waals surface area contributed by atoms with Crippen LogP contribution in [0.5, 0.6) is 0 Å². The van der Waals surface area contributed by atoms with Gasteiger partial charge in [0.15, 0.2) is 11.5 Å². The molecule has 0 spiro atoms. The fourth-order valence-electron chi connectivity index (χ4n) is 5.53. The summed E-state index contributed by atoms with van der Waals surface area (Å²) >= 11 is 0. The van der Waals surface area contributed by atoms with Crippen LogP contribution in [0.15, 0.2) is 61.3 Å². The first-order valence-electron chi connectivity index (χ1n) is 13.8. The predicted molar refractivity (Wildman–Crippen MR) is 149 cm³/mol. The van der Waals surface area contributed by atoms with E-state index in [2.05, 4.69) is 16.7 Å². The average molecular weight is 635 g/mol. The zero-order valence-electron chi connectivity index (χ0n) is 23.5. The second kappa shape index (κ2) is 12.4. The second-order valence-corrected chi connectivity index (χ2v) is 11.0. The minimum atomic E-state index is -5.01. The number of Topliss-reactive ketones (excluding diaryl/α,β-unsaturated/α-hetero) is 1. The quantitative estimate of drug-likeness (QED) is 0.169. The zero-order chi connectivity index (χ0) is 32.6. The van der Waals surface area contributed by atoms with E-state index in [0.717, 1.165) is 18.2 Å². The van der Waals surface area contributed by atoms with Crippen LogP contribution in [0.25, 0.3) is 16.8 Å². The Labute approximate surface area is 252 Å². The Bertz CT molecular complexity index is 1740. The Morgan fingerprint density at radius 3 is 2.33 bits per heavy atom. The highest BCUT2D eigenvalue weighted by Gasteiger charge is 2.45. The average Bonchev–Trinajstić information content (AvgIpc) is 3.71. The topological polar surface area (TPSA) is 73.8 Å². The first-order valence-corrected chi connectivity index (χ1v) is 13.8. The molecule has 2 aromatic carbocycles. The van der Waals surface area contributed by atoms with E-state index < -0.39 is 77.6 Å². The number of carbonyl (C=O) groups excluding carboxylic acids is 1. The number of benzene rings is 2. The second-order valence-electron chi connectivity index (χ2n) is 11.0. The maximum Gasteiger partial charge on any atom is 0.435 e. The summed E-state index contributed by atoms with van der Waals surface area (Å²) in [5, 5.41) is 3.41. The lowest BCUT2D eigenvalue weighted by molar-refractivity contribution is -0.142. The number of halogens is 8. The fourth-order valence-corrected chi connectivity index (χ4v) is 5.53. The minimum absolute atomic E-state index is 0.00674. The minimum Gasteiger partial charge on any atom is -0.399 e. The van der Waals surface area contributed by atoms with Gasteiger partial charge in [-0.2, -0.15) is 18.3 Å². The van der Waals surface area contributed by atoms with Crippen molar-refractivity contribution in [2.24, 2.45) is 5.73 Å². The summed E-state index contributed by atoms with van der Waals surface area (Å²) in [6, 6.07) is 9.94. The molecule has 2 heterocycles. The normalized spacial score (nSPS) is 14.2. The third-order valence-electron chi connectivity index (χ3n) is 7.54. The van der Waals surface area contributed by atoms with Crippen molar-refractivity contribution in [3.8, 4) is 11.1 Å². The van der Waals surface area contributed by atoms with Gasteiger partial charge < -0.3 is 5.73 Å². The molecule has 1 aliphatic carbocycles. The number of aromatic nitrogens is 3. The molecular formula is C32H26F8N4O. The number of hydrogen-bond donors (Lipinski definition) is 1. The summed E-state index contributed by atoms with van der Waals surface area (Å²) in [7, 11) is 0. The van der Waals surface area contributed by atoms with Crippen molar-refractivity contribution in [1.82, 2.24) is 14.8 Å². The molecular weight excluding hydrogens is 608 g/mol. The molecule has 1 fully saturated rings. The van der Waals surface area contributed by atoms with E-state index in [9.17, 15) is 39.9 Å². The van der Waals surface area contributed by atoms with Gasteiger partial charge in [-0.1, -0.05) is 18.7 Å². The maximum absolute atomic E-state index is 14.4. The summed E-state index contributed by atoms with van der Waals surface area (Å²) in [5.41, 5.74) is 3.87. The van der Waals surface area contributed by atoms with E-state index in [1.54, 1.807) is 12.1 Å². The van der Waals surface area contributed by atoms with Crippen molar-refractivity contribution < 1.29 is 39.9 Å². The van der Waals surface area contributed by atoms with Crippen LogP contribution < -0.4 is 5.73 Å². The number of rotatable bonds is 11. The van der Waals surface area contributed by atoms with Gasteiger partial charge in [0.25, 0.3) is 6.43 Å². The van der Waals surface area contributed by atoms with Crippen LogP contribution in [0.4, 0.5) is 35.1 Å². The third-order valence-corrected chi connectivity index (χ3v) is 7.54. The molecule has 1 saturated carbocycles. The lowest BCUT2D eigenvalue weighted by Crippen LogP contribution is -2.19. The number of pyridine rings is 1. The molecule has 5 rings (SSSR count). The van der Waals surface area contributed by atoms with Crippen LogP contribution in [-0.2, 0) is 23.9 Å². The first kappa shape index (κ1) is 31.9. The van der Waals surface area contributed by atoms with Gasteiger partial charge in [0, 0.05) is 47.0 Å². The third kappa shape index (κ3) is 7.07. The molecule has 2 N–H and O–H groups in total. The number of ketones is 1. The molecule has 1 aliphatic rings. The molecule has 1 atom stereocenters. The van der Waals surface area contributed by atoms with Gasteiger partial charge in [0.05, 0.1) is 5.69 Å². The summed E-state index contributed by atoms with van der Waals surface area (Å²) in [6.07, 6.45) is -6.98. The summed E-state index contributed by atoms with van der Waals surface area (Å²) < 4.78 is 113. The predicted octanol–water partition coefficient (Wildman–Crippen LogP) is 8.11. The summed E-state index contributed by atoms with van der Waals surface area (Å²) in [6.45, 7) is 2.66. The Morgan fingerprint density at radius 1 is 1.04 bits per heavy atom. The molecule has 0 bridgehead atoms. The summed E-state index contributed by atoms with van der Waals surface area (Å²) in [4.78, 5) is 17.8. The van der Waals surface area contributed by atoms with Crippen LogP contribution >= 0.6 is 0 Å². The molecule has 236 valence electrons. The molecule has 5 nitrogen and oxygen atoms in total. The van der Waals surface area contributed by atoms with Crippen molar-refractivity contribution in [2.75, 3.05) is 0 Å². The fraction of sp³-hybridized carbons (Fsp3) is 0.281. The monoisotopic (exact) mass is 634 g/mol. The van der Waals surface area contributed by atoms with Gasteiger partial charge in [0.2, 0.25) is 0 Å². The number of carbonyl (C=O) groups is 1. The molecule has 4 aromatic rings. The SMILES string of the molecule is C=C(N)c1cc(-c2cccnc2[C@@H](CC(=O)Cn2nc(C(F)(F)F)c(C3CC3)c2C(F)F)Cc2cc(F)cc(F)c2)ccc1F. The van der Waals surface area contributed by atoms with Crippen LogP contribution in [-0.4, -0.2) is 20.5 Å². The molecule has 0 aliphatic heterocycles. The lowest BCUT2D eigenvalue weighted by atomic mass is 9.86. The standard InChI is InChI=1S/C32H26F8N4O/c1-16(41)25-13-19(6-7-26(25)35)24-3-2-8-42-28(24)20(9-17-10-21(33)14-22(34)11-17)12-23(45)15-44-29(31(36)37)27(18-4-5-18)30(43-44)32(38,39)40/h2-3,6-8,10-11,13-14,18,20,31H,1,4-5,9,12,15,41H2/t20-/m1/s1. The molecule has 45 heavy (non-hydrogen) atoms. The number of nitrogens with two attached hydrogens (primary N) is 1.